The van der Waals surface area contributed by atoms with Crippen LogP contribution in [0.5, 0.6) is 0 Å². The molecule has 0 bridgehead atoms. The normalized spacial score (nSPS) is 20.3. The molecule has 224 valence electrons. The Morgan fingerprint density at radius 3 is 2.37 bits per heavy atom. The number of carbonyl (C=O) groups is 4. The van der Waals surface area contributed by atoms with Crippen LogP contribution in [0.15, 0.2) is 33.5 Å². The molecule has 1 unspecified atom stereocenters. The topological polar surface area (TPSA) is 165 Å². The number of hydrogen-bond acceptors (Lipinski definition) is 4. The van der Waals surface area contributed by atoms with E-state index in [1.165, 1.54) is 0 Å². The zero-order valence-corrected chi connectivity index (χ0v) is 24.8. The molecule has 1 atom stereocenters. The van der Waals surface area contributed by atoms with Gasteiger partial charge in [0, 0.05) is 46.2 Å². The highest BCUT2D eigenvalue weighted by molar-refractivity contribution is 6.31. The van der Waals surface area contributed by atoms with Crippen molar-refractivity contribution < 1.29 is 29.4 Å². The van der Waals surface area contributed by atoms with E-state index in [0.29, 0.717) is 42.8 Å². The summed E-state index contributed by atoms with van der Waals surface area (Å²) in [6.45, 7) is 7.60. The molecule has 10 nitrogen and oxygen atoms in total. The second-order valence-electron chi connectivity index (χ2n) is 11.2. The summed E-state index contributed by atoms with van der Waals surface area (Å²) in [5, 5.41) is 23.4. The number of nitrogens with zero attached hydrogens (tertiary/aromatic N) is 1. The van der Waals surface area contributed by atoms with Crippen LogP contribution in [0.4, 0.5) is 0 Å². The number of aliphatic carboxylic acids is 2. The van der Waals surface area contributed by atoms with Crippen LogP contribution in [0, 0.1) is 12.8 Å². The quantitative estimate of drug-likeness (QED) is 0.304. The van der Waals surface area contributed by atoms with Gasteiger partial charge < -0.3 is 25.5 Å². The Morgan fingerprint density at radius 2 is 1.72 bits per heavy atom. The van der Waals surface area contributed by atoms with Crippen LogP contribution >= 0.6 is 0 Å². The lowest BCUT2D eigenvalue weighted by atomic mass is 9.97. The zero-order valence-electron chi connectivity index (χ0n) is 24.8. The molecule has 2 aliphatic heterocycles. The van der Waals surface area contributed by atoms with E-state index < -0.39 is 11.9 Å². The highest BCUT2D eigenvalue weighted by Gasteiger charge is 2.30. The summed E-state index contributed by atoms with van der Waals surface area (Å²) >= 11 is 0. The Labute approximate surface area is 248 Å². The molecule has 1 aliphatic carbocycles. The van der Waals surface area contributed by atoms with Crippen molar-refractivity contribution in [2.45, 2.75) is 72.6 Å². The van der Waals surface area contributed by atoms with Crippen LogP contribution in [-0.4, -0.2) is 49.6 Å². The van der Waals surface area contributed by atoms with E-state index in [-0.39, 0.29) is 37.0 Å². The summed E-state index contributed by atoms with van der Waals surface area (Å²) in [4.78, 5) is 59.1. The third kappa shape index (κ3) is 5.69. The van der Waals surface area contributed by atoms with E-state index in [4.69, 9.17) is 0 Å². The van der Waals surface area contributed by atoms with Crippen LogP contribution in [0.1, 0.15) is 80.1 Å². The first-order chi connectivity index (χ1) is 20.5. The molecule has 0 radical (unpaired) electrons. The fraction of sp³-hybridized carbons (Fsp3) is 0.364. The molecule has 10 heteroatoms. The molecule has 1 fully saturated rings. The number of nitrogens with one attached hydrogen (secondary N) is 3. The number of carboxylic acid groups (broad SMARTS) is 2. The first-order valence-electron chi connectivity index (χ1n) is 14.6. The fourth-order valence-electron chi connectivity index (χ4n) is 6.35. The number of carbonyl (C=O) groups excluding carboxylic acids is 2. The molecule has 3 aliphatic rings. The van der Waals surface area contributed by atoms with E-state index in [1.807, 2.05) is 52.0 Å². The molecule has 5 rings (SSSR count). The summed E-state index contributed by atoms with van der Waals surface area (Å²) in [5.41, 5.74) is 8.97. The molecular formula is C33H36N4O6. The monoisotopic (exact) mass is 584 g/mol. The molecule has 4 heterocycles. The molecule has 1 saturated heterocycles. The van der Waals surface area contributed by atoms with Crippen LogP contribution in [0.3, 0.4) is 0 Å². The van der Waals surface area contributed by atoms with Gasteiger partial charge in [0.1, 0.15) is 0 Å². The van der Waals surface area contributed by atoms with Gasteiger partial charge in [-0.15, -0.1) is 0 Å². The summed E-state index contributed by atoms with van der Waals surface area (Å²) in [6.07, 6.45) is 9.93. The molecule has 2 aromatic rings. The lowest BCUT2D eigenvalue weighted by molar-refractivity contribution is -0.138. The van der Waals surface area contributed by atoms with Gasteiger partial charge in [-0.05, 0) is 105 Å². The molecular weight excluding hydrogens is 548 g/mol. The van der Waals surface area contributed by atoms with Gasteiger partial charge in [-0.1, -0.05) is 13.0 Å². The van der Waals surface area contributed by atoms with E-state index in [1.54, 1.807) is 0 Å². The average molecular weight is 585 g/mol. The van der Waals surface area contributed by atoms with Crippen molar-refractivity contribution in [3.05, 3.63) is 72.8 Å². The maximum Gasteiger partial charge on any atom is 0.303 e. The first kappa shape index (κ1) is 29.8. The highest BCUT2D eigenvalue weighted by Crippen LogP contribution is 2.30. The lowest BCUT2D eigenvalue weighted by Crippen LogP contribution is -2.16. The SMILES string of the molecule is C/C=C1/C(=C/c2[nH]c(/C=c3/[nH]c4c(c3CCC(=O)O)CCC3=C(CC)C(=O)N=C3C=4)c(CCC(=O)O)c2C)NC(=O)C1C. The number of allylic oxidation sites excluding steroid dienone is 3. The van der Waals surface area contributed by atoms with Gasteiger partial charge in [0.2, 0.25) is 5.91 Å². The van der Waals surface area contributed by atoms with Gasteiger partial charge in [0.15, 0.2) is 0 Å². The van der Waals surface area contributed by atoms with Crippen molar-refractivity contribution in [2.24, 2.45) is 10.9 Å². The summed E-state index contributed by atoms with van der Waals surface area (Å²) in [5.74, 6) is -2.36. The lowest BCUT2D eigenvalue weighted by Gasteiger charge is -2.05. The highest BCUT2D eigenvalue weighted by atomic mass is 16.4. The van der Waals surface area contributed by atoms with Crippen molar-refractivity contribution >= 4 is 47.7 Å². The minimum absolute atomic E-state index is 0.0511. The third-order valence-electron chi connectivity index (χ3n) is 8.64. The van der Waals surface area contributed by atoms with Crippen molar-refractivity contribution in [3.63, 3.8) is 0 Å². The maximum atomic E-state index is 12.4. The largest absolute Gasteiger partial charge is 0.481 e. The summed E-state index contributed by atoms with van der Waals surface area (Å²) in [6, 6.07) is 0. The third-order valence-corrected chi connectivity index (χ3v) is 8.64. The molecule has 2 aromatic heterocycles. The predicted molar refractivity (Wildman–Crippen MR) is 163 cm³/mol. The van der Waals surface area contributed by atoms with Crippen LogP contribution in [0.2, 0.25) is 0 Å². The van der Waals surface area contributed by atoms with Crippen LogP contribution in [-0.2, 0) is 38.4 Å². The average Bonchev–Trinajstić information content (AvgIpc) is 3.58. The number of hydrogen-bond donors (Lipinski definition) is 5. The van der Waals surface area contributed by atoms with E-state index in [2.05, 4.69) is 20.3 Å². The number of aromatic amines is 2. The minimum atomic E-state index is -0.912. The smallest absolute Gasteiger partial charge is 0.303 e. The number of aliphatic imine (C=N–C) groups is 1. The molecule has 2 amide bonds. The molecule has 0 aromatic carbocycles. The predicted octanol–water partition coefficient (Wildman–Crippen LogP) is 2.98. The number of amides is 2. The molecule has 5 N–H and O–H groups in total. The van der Waals surface area contributed by atoms with Crippen LogP contribution in [0.25, 0.3) is 18.2 Å². The molecule has 0 saturated carbocycles. The Hall–Kier alpha value is -4.73. The number of aromatic nitrogens is 2. The van der Waals surface area contributed by atoms with Gasteiger partial charge in [-0.2, -0.15) is 0 Å². The van der Waals surface area contributed by atoms with Gasteiger partial charge in [-0.3, -0.25) is 19.2 Å². The van der Waals surface area contributed by atoms with E-state index in [9.17, 15) is 29.4 Å². The Kier molecular flexibility index (Phi) is 8.21. The van der Waals surface area contributed by atoms with Crippen LogP contribution < -0.4 is 16.0 Å². The fourth-order valence-corrected chi connectivity index (χ4v) is 6.35. The number of carboxylic acids is 2. The van der Waals surface area contributed by atoms with Crippen molar-refractivity contribution in [3.8, 4) is 0 Å². The van der Waals surface area contributed by atoms with E-state index in [0.717, 1.165) is 55.4 Å². The second kappa shape index (κ2) is 11.9. The standard InChI is InChI=1S/C33H36N4O6/c1-5-18-17(4)32(42)36-25(18)13-24-16(3)20(9-11-30(38)39)26(34-24)14-27-23(10-12-31(40)41)22-8-7-21-19(6-2)33(43)37-29(21)15-28(22)35-27/h5,13-15,17,34-35H,6-12H2,1-4H3,(H,36,42)(H,38,39)(H,40,41)/b18-5+,25-13-,27-14+. The number of fused-ring (bicyclic) bond motifs is 2. The number of H-pyrrole nitrogens is 2. The Balaban J connectivity index is 1.68. The molecule has 0 spiro atoms. The van der Waals surface area contributed by atoms with Gasteiger partial charge in [-0.25, -0.2) is 4.99 Å². The van der Waals surface area contributed by atoms with E-state index >= 15 is 0 Å². The van der Waals surface area contributed by atoms with Crippen molar-refractivity contribution in [1.82, 2.24) is 15.3 Å². The van der Waals surface area contributed by atoms with Gasteiger partial charge >= 0.3 is 11.9 Å². The van der Waals surface area contributed by atoms with Crippen molar-refractivity contribution in [2.75, 3.05) is 0 Å². The Morgan fingerprint density at radius 1 is 1.02 bits per heavy atom. The zero-order chi connectivity index (χ0) is 31.0. The second-order valence-corrected chi connectivity index (χ2v) is 11.2. The van der Waals surface area contributed by atoms with Gasteiger partial charge in [0.05, 0.1) is 11.6 Å². The van der Waals surface area contributed by atoms with Crippen molar-refractivity contribution in [1.29, 1.82) is 0 Å². The molecule has 43 heavy (non-hydrogen) atoms. The maximum absolute atomic E-state index is 12.4. The summed E-state index contributed by atoms with van der Waals surface area (Å²) in [7, 11) is 0. The van der Waals surface area contributed by atoms with Gasteiger partial charge in [0.25, 0.3) is 5.91 Å². The summed E-state index contributed by atoms with van der Waals surface area (Å²) < 4.78 is 0. The number of rotatable bonds is 9. The first-order valence-corrected chi connectivity index (χ1v) is 14.6. The Bertz CT molecular complexity index is 1810. The minimum Gasteiger partial charge on any atom is -0.481 e.